The van der Waals surface area contributed by atoms with Gasteiger partial charge >= 0.3 is 0 Å². The first-order chi connectivity index (χ1) is 5.79. The monoisotopic (exact) mass is 161 g/mol. The summed E-state index contributed by atoms with van der Waals surface area (Å²) in [5.74, 6) is -0.475. The van der Waals surface area contributed by atoms with Crippen LogP contribution in [0.25, 0.3) is 10.8 Å². The van der Waals surface area contributed by atoms with Crippen LogP contribution in [-0.2, 0) is 5.11 Å². The normalized spacial score (nSPS) is 10.4. The Morgan fingerprint density at radius 1 is 0.917 bits per heavy atom. The minimum Gasteiger partial charge on any atom is -0.289 e. The van der Waals surface area contributed by atoms with Crippen LogP contribution in [0.3, 0.4) is 0 Å². The third-order valence-corrected chi connectivity index (χ3v) is 1.83. The maximum Gasteiger partial charge on any atom is 0.186 e. The van der Waals surface area contributed by atoms with E-state index in [1.165, 1.54) is 12.1 Å². The smallest absolute Gasteiger partial charge is 0.186 e. The maximum atomic E-state index is 13.0. The number of rotatable bonds is 0. The van der Waals surface area contributed by atoms with Gasteiger partial charge in [0.2, 0.25) is 0 Å². The molecule has 0 amide bonds. The Hall–Kier alpha value is -1.57. The van der Waals surface area contributed by atoms with Crippen LogP contribution in [0.1, 0.15) is 0 Å². The molecule has 0 heterocycles. The van der Waals surface area contributed by atoms with Crippen molar-refractivity contribution in [3.05, 3.63) is 42.2 Å². The minimum atomic E-state index is -0.342. The van der Waals surface area contributed by atoms with Crippen molar-refractivity contribution in [2.75, 3.05) is 0 Å². The zero-order chi connectivity index (χ0) is 8.55. The van der Waals surface area contributed by atoms with Gasteiger partial charge in [0.1, 0.15) is 5.82 Å². The second-order valence-electron chi connectivity index (χ2n) is 2.59. The van der Waals surface area contributed by atoms with Crippen molar-refractivity contribution in [3.8, 4) is 5.75 Å². The summed E-state index contributed by atoms with van der Waals surface area (Å²) < 4.78 is 13.0. The van der Waals surface area contributed by atoms with E-state index in [2.05, 4.69) is 0 Å². The fourth-order valence-electron chi connectivity index (χ4n) is 1.23. The van der Waals surface area contributed by atoms with E-state index < -0.39 is 0 Å². The lowest BCUT2D eigenvalue weighted by Gasteiger charge is -1.98. The molecule has 0 atom stereocenters. The highest BCUT2D eigenvalue weighted by Gasteiger charge is 2.03. The lowest BCUT2D eigenvalue weighted by molar-refractivity contribution is 0.359. The second kappa shape index (κ2) is 2.48. The Bertz CT molecular complexity index is 383. The number of hydrogen-bond acceptors (Lipinski definition) is 0. The van der Waals surface area contributed by atoms with Crippen molar-refractivity contribution < 1.29 is 9.50 Å². The quantitative estimate of drug-likeness (QED) is 0.565. The molecule has 0 saturated carbocycles. The van der Waals surface area contributed by atoms with Crippen LogP contribution in [0.15, 0.2) is 36.4 Å². The van der Waals surface area contributed by atoms with E-state index in [0.717, 1.165) is 0 Å². The summed E-state index contributed by atoms with van der Waals surface area (Å²) in [6, 6.07) is 9.11. The van der Waals surface area contributed by atoms with Gasteiger partial charge in [0.05, 0.1) is 0 Å². The molecule has 0 N–H and O–H groups in total. The molecule has 0 aromatic heterocycles. The molecule has 12 heavy (non-hydrogen) atoms. The van der Waals surface area contributed by atoms with Crippen molar-refractivity contribution in [2.24, 2.45) is 0 Å². The van der Waals surface area contributed by atoms with Gasteiger partial charge in [-0.1, -0.05) is 24.3 Å². The summed E-state index contributed by atoms with van der Waals surface area (Å²) in [4.78, 5) is 0. The van der Waals surface area contributed by atoms with Crippen molar-refractivity contribution in [2.45, 2.75) is 0 Å². The molecule has 0 aliphatic heterocycles. The lowest BCUT2D eigenvalue weighted by atomic mass is 10.1. The third kappa shape index (κ3) is 0.925. The average Bonchev–Trinajstić information content (AvgIpc) is 2.12. The van der Waals surface area contributed by atoms with E-state index in [1.807, 2.05) is 0 Å². The number of benzene rings is 2. The highest BCUT2D eigenvalue weighted by molar-refractivity contribution is 5.88. The second-order valence-corrected chi connectivity index (χ2v) is 2.59. The molecule has 2 aromatic carbocycles. The van der Waals surface area contributed by atoms with Gasteiger partial charge in [0.25, 0.3) is 0 Å². The van der Waals surface area contributed by atoms with Crippen LogP contribution < -0.4 is 0 Å². The first-order valence-electron chi connectivity index (χ1n) is 3.63. The van der Waals surface area contributed by atoms with Gasteiger partial charge < -0.3 is 0 Å². The molecule has 0 aliphatic rings. The van der Waals surface area contributed by atoms with E-state index in [9.17, 15) is 9.50 Å². The predicted octanol–water partition coefficient (Wildman–Crippen LogP) is 3.12. The molecule has 2 aromatic rings. The number of halogens is 1. The van der Waals surface area contributed by atoms with Crippen LogP contribution in [0.4, 0.5) is 4.39 Å². The first kappa shape index (κ1) is 7.10. The standard InChI is InChI=1S/C10H6FO/c11-9-5-6-10(12)8-4-2-1-3-7(8)9/h1-6H. The Balaban J connectivity index is 2.95. The Labute approximate surface area is 69.1 Å². The molecule has 0 saturated heterocycles. The summed E-state index contributed by atoms with van der Waals surface area (Å²) in [6.07, 6.45) is 0. The third-order valence-electron chi connectivity index (χ3n) is 1.83. The zero-order valence-corrected chi connectivity index (χ0v) is 6.25. The number of fused-ring (bicyclic) bond motifs is 1. The van der Waals surface area contributed by atoms with E-state index in [4.69, 9.17) is 0 Å². The fraction of sp³-hybridized carbons (Fsp3) is 0. The molecule has 1 radical (unpaired) electrons. The van der Waals surface area contributed by atoms with Crippen molar-refractivity contribution >= 4 is 10.8 Å². The lowest BCUT2D eigenvalue weighted by Crippen LogP contribution is -1.77. The van der Waals surface area contributed by atoms with Crippen LogP contribution in [-0.4, -0.2) is 0 Å². The topological polar surface area (TPSA) is 19.9 Å². The SMILES string of the molecule is [O]c1ccc(F)c2ccccc12. The van der Waals surface area contributed by atoms with Gasteiger partial charge in [-0.05, 0) is 12.1 Å². The largest absolute Gasteiger partial charge is 0.289 e. The molecule has 0 unspecified atom stereocenters. The van der Waals surface area contributed by atoms with Crippen LogP contribution >= 0.6 is 0 Å². The minimum absolute atomic E-state index is 0.132. The van der Waals surface area contributed by atoms with E-state index >= 15 is 0 Å². The van der Waals surface area contributed by atoms with Gasteiger partial charge in [0.15, 0.2) is 5.75 Å². The molecular weight excluding hydrogens is 155 g/mol. The van der Waals surface area contributed by atoms with Crippen molar-refractivity contribution in [1.82, 2.24) is 0 Å². The molecule has 2 heteroatoms. The summed E-state index contributed by atoms with van der Waals surface area (Å²) in [5.41, 5.74) is 0. The molecule has 1 nitrogen and oxygen atoms in total. The molecule has 2 rings (SSSR count). The van der Waals surface area contributed by atoms with Crippen molar-refractivity contribution in [1.29, 1.82) is 0 Å². The number of hydrogen-bond donors (Lipinski definition) is 0. The molecular formula is C10H6FO. The molecule has 0 bridgehead atoms. The first-order valence-corrected chi connectivity index (χ1v) is 3.63. The molecule has 59 valence electrons. The summed E-state index contributed by atoms with van der Waals surface area (Å²) >= 11 is 0. The molecule has 0 spiro atoms. The average molecular weight is 161 g/mol. The molecule has 0 aliphatic carbocycles. The van der Waals surface area contributed by atoms with Crippen molar-refractivity contribution in [3.63, 3.8) is 0 Å². The zero-order valence-electron chi connectivity index (χ0n) is 6.25. The summed E-state index contributed by atoms with van der Waals surface area (Å²) in [7, 11) is 0. The van der Waals surface area contributed by atoms with Crippen LogP contribution in [0, 0.1) is 5.82 Å². The van der Waals surface area contributed by atoms with Crippen LogP contribution in [0.5, 0.6) is 5.75 Å². The van der Waals surface area contributed by atoms with Crippen LogP contribution in [0.2, 0.25) is 0 Å². The fourth-order valence-corrected chi connectivity index (χ4v) is 1.23. The predicted molar refractivity (Wildman–Crippen MR) is 44.0 cm³/mol. The summed E-state index contributed by atoms with van der Waals surface area (Å²) in [5, 5.41) is 12.0. The highest BCUT2D eigenvalue weighted by atomic mass is 19.1. The summed E-state index contributed by atoms with van der Waals surface area (Å²) in [6.45, 7) is 0. The Kier molecular flexibility index (Phi) is 1.47. The van der Waals surface area contributed by atoms with Gasteiger partial charge in [0, 0.05) is 10.8 Å². The maximum absolute atomic E-state index is 13.0. The van der Waals surface area contributed by atoms with E-state index in [0.29, 0.717) is 10.8 Å². The van der Waals surface area contributed by atoms with Gasteiger partial charge in [-0.25, -0.2) is 4.39 Å². The molecule has 0 fully saturated rings. The Morgan fingerprint density at radius 3 is 2.25 bits per heavy atom. The van der Waals surface area contributed by atoms with E-state index in [-0.39, 0.29) is 11.6 Å². The highest BCUT2D eigenvalue weighted by Crippen LogP contribution is 2.26. The Morgan fingerprint density at radius 2 is 1.58 bits per heavy atom. The van der Waals surface area contributed by atoms with E-state index in [1.54, 1.807) is 24.3 Å². The van der Waals surface area contributed by atoms with Gasteiger partial charge in [-0.15, -0.1) is 0 Å². The van der Waals surface area contributed by atoms with Gasteiger partial charge in [-0.3, -0.25) is 5.11 Å². The van der Waals surface area contributed by atoms with Gasteiger partial charge in [-0.2, -0.15) is 0 Å².